The molecule has 0 spiro atoms. The maximum atomic E-state index is 11.1. The Morgan fingerprint density at radius 3 is 2.54 bits per heavy atom. The average molecular weight is 346 g/mol. The van der Waals surface area contributed by atoms with Crippen LogP contribution in [0.1, 0.15) is 31.3 Å². The molecule has 24 heavy (non-hydrogen) atoms. The second-order valence-corrected chi connectivity index (χ2v) is 5.94. The van der Waals surface area contributed by atoms with Crippen molar-refractivity contribution in [2.24, 2.45) is 0 Å². The number of hydrogen-bond acceptors (Lipinski definition) is 4. The van der Waals surface area contributed by atoms with Gasteiger partial charge in [0.05, 0.1) is 22.1 Å². The number of benzene rings is 2. The first-order valence-electron chi connectivity index (χ1n) is 7.56. The zero-order valence-corrected chi connectivity index (χ0v) is 14.0. The van der Waals surface area contributed by atoms with Crippen LogP contribution < -0.4 is 0 Å². The third kappa shape index (κ3) is 2.74. The lowest BCUT2D eigenvalue weighted by molar-refractivity contribution is -0.384. The lowest BCUT2D eigenvalue weighted by atomic mass is 10.1. The maximum Gasteiger partial charge on any atom is 0.290 e. The standard InChI is InChI=1S/C17H16ClN3O3/c1-3-17-19-14-9-15(21(23)24)13(18)8-16(14)20(17)12-6-4-11(5-7-12)10(2)22/h4-10,22H,3H2,1-2H3. The number of nitrogens with zero attached hydrogens (tertiary/aromatic N) is 3. The quantitative estimate of drug-likeness (QED) is 0.567. The van der Waals surface area contributed by atoms with E-state index in [4.69, 9.17) is 11.6 Å². The van der Waals surface area contributed by atoms with Gasteiger partial charge in [-0.05, 0) is 30.7 Å². The van der Waals surface area contributed by atoms with Crippen molar-refractivity contribution in [1.82, 2.24) is 9.55 Å². The van der Waals surface area contributed by atoms with Crippen molar-refractivity contribution in [3.8, 4) is 5.69 Å². The fraction of sp³-hybridized carbons (Fsp3) is 0.235. The van der Waals surface area contributed by atoms with Gasteiger partial charge in [0, 0.05) is 18.2 Å². The summed E-state index contributed by atoms with van der Waals surface area (Å²) in [5.41, 5.74) is 2.77. The third-order valence-electron chi connectivity index (χ3n) is 3.94. The van der Waals surface area contributed by atoms with E-state index < -0.39 is 11.0 Å². The normalized spacial score (nSPS) is 12.5. The lowest BCUT2D eigenvalue weighted by Gasteiger charge is -2.10. The molecule has 124 valence electrons. The van der Waals surface area contributed by atoms with Gasteiger partial charge in [-0.2, -0.15) is 0 Å². The summed E-state index contributed by atoms with van der Waals surface area (Å²) in [6.07, 6.45) is 0.124. The molecule has 0 radical (unpaired) electrons. The Morgan fingerprint density at radius 1 is 1.33 bits per heavy atom. The van der Waals surface area contributed by atoms with Gasteiger partial charge in [0.15, 0.2) is 0 Å². The van der Waals surface area contributed by atoms with E-state index in [-0.39, 0.29) is 10.7 Å². The highest BCUT2D eigenvalue weighted by molar-refractivity contribution is 6.33. The summed E-state index contributed by atoms with van der Waals surface area (Å²) >= 11 is 6.06. The maximum absolute atomic E-state index is 11.1. The number of nitro benzene ring substituents is 1. The van der Waals surface area contributed by atoms with Crippen LogP contribution in [0.25, 0.3) is 16.7 Å². The Kier molecular flexibility index (Phi) is 4.26. The van der Waals surface area contributed by atoms with Crippen LogP contribution >= 0.6 is 11.6 Å². The Labute approximate surface area is 143 Å². The van der Waals surface area contributed by atoms with Crippen LogP contribution in [-0.4, -0.2) is 19.6 Å². The van der Waals surface area contributed by atoms with Gasteiger partial charge < -0.3 is 5.11 Å². The molecule has 0 aliphatic carbocycles. The molecule has 0 aliphatic heterocycles. The van der Waals surface area contributed by atoms with E-state index in [9.17, 15) is 15.2 Å². The Morgan fingerprint density at radius 2 is 2.00 bits per heavy atom. The summed E-state index contributed by atoms with van der Waals surface area (Å²) < 4.78 is 1.93. The smallest absolute Gasteiger partial charge is 0.290 e. The highest BCUT2D eigenvalue weighted by Gasteiger charge is 2.19. The van der Waals surface area contributed by atoms with Crippen LogP contribution in [-0.2, 0) is 6.42 Å². The van der Waals surface area contributed by atoms with Gasteiger partial charge >= 0.3 is 0 Å². The Hall–Kier alpha value is -2.44. The largest absolute Gasteiger partial charge is 0.389 e. The van der Waals surface area contributed by atoms with Gasteiger partial charge in [-0.25, -0.2) is 4.98 Å². The highest BCUT2D eigenvalue weighted by atomic mass is 35.5. The van der Waals surface area contributed by atoms with E-state index >= 15 is 0 Å². The molecule has 2 aromatic carbocycles. The summed E-state index contributed by atoms with van der Waals surface area (Å²) in [6, 6.07) is 10.4. The number of fused-ring (bicyclic) bond motifs is 1. The van der Waals surface area contributed by atoms with Crippen LogP contribution in [0.4, 0.5) is 5.69 Å². The molecule has 0 saturated carbocycles. The fourth-order valence-electron chi connectivity index (χ4n) is 2.70. The van der Waals surface area contributed by atoms with Crippen LogP contribution in [0.3, 0.4) is 0 Å². The van der Waals surface area contributed by atoms with Crippen LogP contribution in [0, 0.1) is 10.1 Å². The predicted octanol–water partition coefficient (Wildman–Crippen LogP) is 4.20. The Balaban J connectivity index is 2.22. The summed E-state index contributed by atoms with van der Waals surface area (Å²) in [5, 5.41) is 20.8. The lowest BCUT2D eigenvalue weighted by Crippen LogP contribution is -2.01. The summed E-state index contributed by atoms with van der Waals surface area (Å²) in [4.78, 5) is 15.1. The molecule has 0 amide bonds. The molecule has 1 unspecified atom stereocenters. The van der Waals surface area contributed by atoms with Crippen molar-refractivity contribution >= 4 is 28.3 Å². The molecule has 1 heterocycles. The average Bonchev–Trinajstić information content (AvgIpc) is 2.91. The summed E-state index contributed by atoms with van der Waals surface area (Å²) in [5.74, 6) is 0.784. The number of imidazole rings is 1. The van der Waals surface area contributed by atoms with Gasteiger partial charge in [-0.3, -0.25) is 14.7 Å². The molecule has 3 rings (SSSR count). The highest BCUT2D eigenvalue weighted by Crippen LogP contribution is 2.32. The van der Waals surface area contributed by atoms with Gasteiger partial charge in [-0.15, -0.1) is 0 Å². The number of halogens is 1. The number of rotatable bonds is 4. The summed E-state index contributed by atoms with van der Waals surface area (Å²) in [6.45, 7) is 3.68. The zero-order chi connectivity index (χ0) is 17.4. The third-order valence-corrected chi connectivity index (χ3v) is 4.24. The van der Waals surface area contributed by atoms with Gasteiger partial charge in [0.2, 0.25) is 0 Å². The fourth-order valence-corrected chi connectivity index (χ4v) is 2.93. The Bertz CT molecular complexity index is 917. The molecule has 0 aliphatic rings. The minimum Gasteiger partial charge on any atom is -0.389 e. The van der Waals surface area contributed by atoms with Crippen molar-refractivity contribution in [3.05, 3.63) is 62.9 Å². The van der Waals surface area contributed by atoms with E-state index in [1.54, 1.807) is 13.0 Å². The molecule has 0 saturated heterocycles. The molecule has 1 aromatic heterocycles. The molecular weight excluding hydrogens is 330 g/mol. The molecular formula is C17H16ClN3O3. The monoisotopic (exact) mass is 345 g/mol. The first-order chi connectivity index (χ1) is 11.4. The topological polar surface area (TPSA) is 81.2 Å². The van der Waals surface area contributed by atoms with E-state index in [2.05, 4.69) is 4.98 Å². The van der Waals surface area contributed by atoms with E-state index in [0.29, 0.717) is 17.5 Å². The van der Waals surface area contributed by atoms with Gasteiger partial charge in [-0.1, -0.05) is 30.7 Å². The molecule has 7 heteroatoms. The van der Waals surface area contributed by atoms with Crippen LogP contribution in [0.5, 0.6) is 0 Å². The van der Waals surface area contributed by atoms with Crippen molar-refractivity contribution in [2.45, 2.75) is 26.4 Å². The van der Waals surface area contributed by atoms with Crippen molar-refractivity contribution in [1.29, 1.82) is 0 Å². The first-order valence-corrected chi connectivity index (χ1v) is 7.93. The van der Waals surface area contributed by atoms with E-state index in [0.717, 1.165) is 17.1 Å². The van der Waals surface area contributed by atoms with Crippen molar-refractivity contribution in [3.63, 3.8) is 0 Å². The molecule has 3 aromatic rings. The van der Waals surface area contributed by atoms with Crippen LogP contribution in [0.15, 0.2) is 36.4 Å². The molecule has 0 bridgehead atoms. The molecule has 1 N–H and O–H groups in total. The number of aromatic nitrogens is 2. The predicted molar refractivity (Wildman–Crippen MR) is 92.7 cm³/mol. The van der Waals surface area contributed by atoms with Gasteiger partial charge in [0.25, 0.3) is 5.69 Å². The van der Waals surface area contributed by atoms with Crippen LogP contribution in [0.2, 0.25) is 5.02 Å². The molecule has 0 fully saturated rings. The minimum atomic E-state index is -0.540. The number of aryl methyl sites for hydroxylation is 1. The first kappa shape index (κ1) is 16.4. The second-order valence-electron chi connectivity index (χ2n) is 5.53. The molecule has 6 nitrogen and oxygen atoms in total. The number of hydrogen-bond donors (Lipinski definition) is 1. The SMILES string of the molecule is CCc1nc2cc([N+](=O)[O-])c(Cl)cc2n1-c1ccc(C(C)O)cc1. The zero-order valence-electron chi connectivity index (χ0n) is 13.2. The number of aliphatic hydroxyl groups is 1. The summed E-state index contributed by atoms with van der Waals surface area (Å²) in [7, 11) is 0. The second kappa shape index (κ2) is 6.22. The molecule has 1 atom stereocenters. The van der Waals surface area contributed by atoms with Gasteiger partial charge in [0.1, 0.15) is 10.8 Å². The van der Waals surface area contributed by atoms with E-state index in [1.165, 1.54) is 6.07 Å². The van der Waals surface area contributed by atoms with Crippen molar-refractivity contribution in [2.75, 3.05) is 0 Å². The minimum absolute atomic E-state index is 0.0805. The number of nitro groups is 1. The number of aliphatic hydroxyl groups excluding tert-OH is 1. The van der Waals surface area contributed by atoms with E-state index in [1.807, 2.05) is 35.8 Å². The van der Waals surface area contributed by atoms with Crippen molar-refractivity contribution < 1.29 is 10.0 Å².